The van der Waals surface area contributed by atoms with Gasteiger partial charge in [-0.3, -0.25) is 9.59 Å². The van der Waals surface area contributed by atoms with Crippen LogP contribution in [0.3, 0.4) is 0 Å². The molecule has 0 atom stereocenters. The van der Waals surface area contributed by atoms with Gasteiger partial charge < -0.3 is 15.4 Å². The fourth-order valence-corrected chi connectivity index (χ4v) is 2.79. The molecule has 21 heavy (non-hydrogen) atoms. The van der Waals surface area contributed by atoms with Crippen molar-refractivity contribution in [2.75, 3.05) is 25.0 Å². The standard InChI is InChI=1S/C12H15N3O5S/c1-8(16)13-4-5-14-21(18,19)9-2-3-11-10(6-9)15-12(17)7-20-11/h2-3,6,14H,4-5,7H2,1H3,(H,13,16)(H,15,17). The van der Waals surface area contributed by atoms with Crippen LogP contribution >= 0.6 is 0 Å². The molecule has 8 nitrogen and oxygen atoms in total. The van der Waals surface area contributed by atoms with Crippen LogP contribution in [-0.4, -0.2) is 39.9 Å². The van der Waals surface area contributed by atoms with Gasteiger partial charge in [0, 0.05) is 20.0 Å². The summed E-state index contributed by atoms with van der Waals surface area (Å²) in [6.07, 6.45) is 0. The normalized spacial score (nSPS) is 13.9. The van der Waals surface area contributed by atoms with E-state index in [-0.39, 0.29) is 36.4 Å². The first-order valence-corrected chi connectivity index (χ1v) is 7.67. The Kier molecular flexibility index (Phi) is 4.43. The Balaban J connectivity index is 2.08. The molecule has 0 unspecified atom stereocenters. The van der Waals surface area contributed by atoms with Gasteiger partial charge in [0.2, 0.25) is 15.9 Å². The molecule has 9 heteroatoms. The van der Waals surface area contributed by atoms with Crippen molar-refractivity contribution in [3.63, 3.8) is 0 Å². The van der Waals surface area contributed by atoms with Gasteiger partial charge >= 0.3 is 0 Å². The number of benzene rings is 1. The van der Waals surface area contributed by atoms with Crippen molar-refractivity contribution in [3.8, 4) is 5.75 Å². The summed E-state index contributed by atoms with van der Waals surface area (Å²) in [6, 6.07) is 4.20. The van der Waals surface area contributed by atoms with Crippen LogP contribution in [0.15, 0.2) is 23.1 Å². The van der Waals surface area contributed by atoms with E-state index >= 15 is 0 Å². The summed E-state index contributed by atoms with van der Waals surface area (Å²) < 4.78 is 31.6. The van der Waals surface area contributed by atoms with E-state index in [1.54, 1.807) is 0 Å². The van der Waals surface area contributed by atoms with Crippen molar-refractivity contribution >= 4 is 27.5 Å². The molecule has 0 saturated heterocycles. The molecule has 0 saturated carbocycles. The summed E-state index contributed by atoms with van der Waals surface area (Å²) in [5.74, 6) is -0.148. The Morgan fingerprint density at radius 1 is 1.38 bits per heavy atom. The third kappa shape index (κ3) is 3.92. The second-order valence-electron chi connectivity index (χ2n) is 4.38. The number of hydrogen-bond acceptors (Lipinski definition) is 5. The average molecular weight is 313 g/mol. The maximum absolute atomic E-state index is 12.1. The first-order valence-electron chi connectivity index (χ1n) is 6.19. The van der Waals surface area contributed by atoms with E-state index in [1.807, 2.05) is 0 Å². The number of ether oxygens (including phenoxy) is 1. The highest BCUT2D eigenvalue weighted by Gasteiger charge is 2.20. The molecule has 1 aliphatic heterocycles. The number of hydrogen-bond donors (Lipinski definition) is 3. The van der Waals surface area contributed by atoms with Gasteiger partial charge in [0.05, 0.1) is 10.6 Å². The topological polar surface area (TPSA) is 114 Å². The summed E-state index contributed by atoms with van der Waals surface area (Å²) in [5.41, 5.74) is 0.316. The molecule has 0 spiro atoms. The van der Waals surface area contributed by atoms with Crippen LogP contribution in [-0.2, 0) is 19.6 Å². The highest BCUT2D eigenvalue weighted by Crippen LogP contribution is 2.29. The number of fused-ring (bicyclic) bond motifs is 1. The van der Waals surface area contributed by atoms with E-state index < -0.39 is 10.0 Å². The minimum absolute atomic E-state index is 0.00914. The molecule has 2 rings (SSSR count). The largest absolute Gasteiger partial charge is 0.482 e. The van der Waals surface area contributed by atoms with Crippen LogP contribution < -0.4 is 20.1 Å². The summed E-state index contributed by atoms with van der Waals surface area (Å²) >= 11 is 0. The Hall–Kier alpha value is -2.13. The van der Waals surface area contributed by atoms with Crippen LogP contribution in [0.4, 0.5) is 5.69 Å². The van der Waals surface area contributed by atoms with Crippen LogP contribution in [0.1, 0.15) is 6.92 Å². The number of nitrogens with one attached hydrogen (secondary N) is 3. The molecular weight excluding hydrogens is 298 g/mol. The van der Waals surface area contributed by atoms with Crippen molar-refractivity contribution < 1.29 is 22.7 Å². The lowest BCUT2D eigenvalue weighted by Gasteiger charge is -2.18. The zero-order valence-electron chi connectivity index (χ0n) is 11.3. The maximum Gasteiger partial charge on any atom is 0.262 e. The Morgan fingerprint density at radius 3 is 2.86 bits per heavy atom. The van der Waals surface area contributed by atoms with Crippen molar-refractivity contribution in [3.05, 3.63) is 18.2 Å². The van der Waals surface area contributed by atoms with Crippen molar-refractivity contribution in [2.45, 2.75) is 11.8 Å². The van der Waals surface area contributed by atoms with Gasteiger partial charge in [0.25, 0.3) is 5.91 Å². The van der Waals surface area contributed by atoms with Gasteiger partial charge in [-0.15, -0.1) is 0 Å². The SMILES string of the molecule is CC(=O)NCCNS(=O)(=O)c1ccc2c(c1)NC(=O)CO2. The highest BCUT2D eigenvalue weighted by atomic mass is 32.2. The Labute approximate surface area is 121 Å². The van der Waals surface area contributed by atoms with Gasteiger partial charge in [-0.25, -0.2) is 13.1 Å². The lowest BCUT2D eigenvalue weighted by Crippen LogP contribution is -2.33. The first-order chi connectivity index (χ1) is 9.88. The zero-order valence-corrected chi connectivity index (χ0v) is 12.1. The third-order valence-electron chi connectivity index (χ3n) is 2.69. The minimum Gasteiger partial charge on any atom is -0.482 e. The van der Waals surface area contributed by atoms with Crippen molar-refractivity contribution in [1.82, 2.24) is 10.0 Å². The third-order valence-corrected chi connectivity index (χ3v) is 4.14. The predicted molar refractivity (Wildman–Crippen MR) is 74.4 cm³/mol. The molecule has 1 heterocycles. The van der Waals surface area contributed by atoms with Gasteiger partial charge in [0.15, 0.2) is 6.61 Å². The second-order valence-corrected chi connectivity index (χ2v) is 6.14. The van der Waals surface area contributed by atoms with E-state index in [9.17, 15) is 18.0 Å². The molecule has 0 radical (unpaired) electrons. The molecule has 0 aromatic heterocycles. The van der Waals surface area contributed by atoms with Crippen molar-refractivity contribution in [1.29, 1.82) is 0 Å². The lowest BCUT2D eigenvalue weighted by molar-refractivity contribution is -0.119. The molecule has 1 aromatic rings. The van der Waals surface area contributed by atoms with Crippen LogP contribution in [0.2, 0.25) is 0 Å². The number of anilines is 1. The predicted octanol–water partition coefficient (Wildman–Crippen LogP) is -0.568. The van der Waals surface area contributed by atoms with E-state index in [0.717, 1.165) is 0 Å². The minimum atomic E-state index is -3.72. The van der Waals surface area contributed by atoms with Crippen molar-refractivity contribution in [2.24, 2.45) is 0 Å². The van der Waals surface area contributed by atoms with Gasteiger partial charge in [-0.2, -0.15) is 0 Å². The fraction of sp³-hybridized carbons (Fsp3) is 0.333. The number of amides is 2. The highest BCUT2D eigenvalue weighted by molar-refractivity contribution is 7.89. The molecule has 114 valence electrons. The van der Waals surface area contributed by atoms with E-state index in [1.165, 1.54) is 25.1 Å². The Morgan fingerprint density at radius 2 is 2.14 bits per heavy atom. The van der Waals surface area contributed by atoms with E-state index in [0.29, 0.717) is 11.4 Å². The van der Waals surface area contributed by atoms with E-state index in [4.69, 9.17) is 4.74 Å². The second kappa shape index (κ2) is 6.10. The lowest BCUT2D eigenvalue weighted by atomic mass is 10.2. The number of carbonyl (C=O) groups is 2. The Bertz CT molecular complexity index is 671. The zero-order chi connectivity index (χ0) is 15.5. The molecule has 0 aliphatic carbocycles. The smallest absolute Gasteiger partial charge is 0.262 e. The molecule has 1 aliphatic rings. The molecule has 0 fully saturated rings. The fourth-order valence-electron chi connectivity index (χ4n) is 1.74. The number of carbonyl (C=O) groups excluding carboxylic acids is 2. The molecule has 3 N–H and O–H groups in total. The summed E-state index contributed by atoms with van der Waals surface area (Å²) in [7, 11) is -3.72. The van der Waals surface area contributed by atoms with Gasteiger partial charge in [0.1, 0.15) is 5.75 Å². The number of sulfonamides is 1. The summed E-state index contributed by atoms with van der Waals surface area (Å²) in [4.78, 5) is 21.9. The van der Waals surface area contributed by atoms with Crippen LogP contribution in [0.5, 0.6) is 5.75 Å². The first kappa shape index (κ1) is 15.3. The average Bonchev–Trinajstić information content (AvgIpc) is 2.42. The van der Waals surface area contributed by atoms with Crippen LogP contribution in [0.25, 0.3) is 0 Å². The van der Waals surface area contributed by atoms with Gasteiger partial charge in [-0.1, -0.05) is 0 Å². The maximum atomic E-state index is 12.1. The quantitative estimate of drug-likeness (QED) is 0.630. The molecule has 1 aromatic carbocycles. The van der Waals surface area contributed by atoms with Gasteiger partial charge in [-0.05, 0) is 18.2 Å². The summed E-state index contributed by atoms with van der Waals surface area (Å²) in [6.45, 7) is 1.52. The molecule has 0 bridgehead atoms. The monoisotopic (exact) mass is 313 g/mol. The number of rotatable bonds is 5. The molecular formula is C12H15N3O5S. The van der Waals surface area contributed by atoms with E-state index in [2.05, 4.69) is 15.4 Å². The van der Waals surface area contributed by atoms with Crippen LogP contribution in [0, 0.1) is 0 Å². The molecule has 2 amide bonds. The summed E-state index contributed by atoms with van der Waals surface area (Å²) in [5, 5.41) is 5.02.